The Balaban J connectivity index is 1.87. The fourth-order valence-corrected chi connectivity index (χ4v) is 3.27. The first kappa shape index (κ1) is 18.5. The monoisotopic (exact) mass is 297 g/mol. The predicted octanol–water partition coefficient (Wildman–Crippen LogP) is 4.58. The molecule has 0 aromatic carbocycles. The molecule has 0 saturated heterocycles. The van der Waals surface area contributed by atoms with Crippen molar-refractivity contribution >= 4 is 5.91 Å². The third-order valence-corrected chi connectivity index (χ3v) is 4.64. The van der Waals surface area contributed by atoms with Crippen LogP contribution in [0.15, 0.2) is 0 Å². The first-order valence-electron chi connectivity index (χ1n) is 9.12. The van der Waals surface area contributed by atoms with Crippen LogP contribution in [-0.4, -0.2) is 18.6 Å². The third-order valence-electron chi connectivity index (χ3n) is 4.64. The number of nitrogens with two attached hydrogens (primary N) is 1. The Labute approximate surface area is 131 Å². The quantitative estimate of drug-likeness (QED) is 0.536. The maximum absolute atomic E-state index is 10.9. The van der Waals surface area contributed by atoms with Gasteiger partial charge in [-0.15, -0.1) is 0 Å². The number of carbonyl (C=O) groups excluding carboxylic acids is 1. The summed E-state index contributed by atoms with van der Waals surface area (Å²) in [5.41, 5.74) is 5.25. The van der Waals surface area contributed by atoms with Gasteiger partial charge in [0.25, 0.3) is 0 Å². The van der Waals surface area contributed by atoms with Crippen LogP contribution in [0.2, 0.25) is 0 Å². The van der Waals surface area contributed by atoms with Crippen LogP contribution < -0.4 is 5.73 Å². The molecule has 21 heavy (non-hydrogen) atoms. The van der Waals surface area contributed by atoms with Gasteiger partial charge in [-0.3, -0.25) is 4.79 Å². The van der Waals surface area contributed by atoms with Gasteiger partial charge < -0.3 is 10.5 Å². The van der Waals surface area contributed by atoms with E-state index in [0.717, 1.165) is 32.3 Å². The first-order chi connectivity index (χ1) is 10.2. The smallest absolute Gasteiger partial charge is 0.217 e. The molecule has 0 aliphatic heterocycles. The van der Waals surface area contributed by atoms with Crippen molar-refractivity contribution in [3.63, 3.8) is 0 Å². The largest absolute Gasteiger partial charge is 0.378 e. The summed E-state index contributed by atoms with van der Waals surface area (Å²) in [5, 5.41) is 0. The van der Waals surface area contributed by atoms with E-state index < -0.39 is 0 Å². The van der Waals surface area contributed by atoms with Crippen LogP contribution in [0.25, 0.3) is 0 Å². The van der Waals surface area contributed by atoms with E-state index in [1.165, 1.54) is 51.4 Å². The van der Waals surface area contributed by atoms with Gasteiger partial charge in [-0.25, -0.2) is 0 Å². The van der Waals surface area contributed by atoms with Crippen LogP contribution in [0.4, 0.5) is 0 Å². The van der Waals surface area contributed by atoms with Crippen molar-refractivity contribution in [2.24, 2.45) is 11.7 Å². The molecule has 3 heteroatoms. The molecule has 3 nitrogen and oxygen atoms in total. The Hall–Kier alpha value is -0.570. The van der Waals surface area contributed by atoms with Gasteiger partial charge in [0.1, 0.15) is 0 Å². The van der Waals surface area contributed by atoms with Crippen molar-refractivity contribution in [1.29, 1.82) is 0 Å². The fraction of sp³-hybridized carbons (Fsp3) is 0.944. The van der Waals surface area contributed by atoms with E-state index >= 15 is 0 Å². The first-order valence-corrected chi connectivity index (χ1v) is 9.12. The van der Waals surface area contributed by atoms with E-state index in [1.807, 2.05) is 0 Å². The molecule has 1 rings (SSSR count). The van der Waals surface area contributed by atoms with Crippen molar-refractivity contribution in [3.05, 3.63) is 0 Å². The zero-order valence-corrected chi connectivity index (χ0v) is 13.9. The van der Waals surface area contributed by atoms with E-state index in [0.29, 0.717) is 18.4 Å². The normalized spacial score (nSPS) is 22.3. The van der Waals surface area contributed by atoms with Gasteiger partial charge in [0.05, 0.1) is 6.10 Å². The van der Waals surface area contributed by atoms with Crippen molar-refractivity contribution in [2.75, 3.05) is 6.61 Å². The lowest BCUT2D eigenvalue weighted by molar-refractivity contribution is -0.119. The minimum Gasteiger partial charge on any atom is -0.378 e. The van der Waals surface area contributed by atoms with Crippen LogP contribution in [-0.2, 0) is 9.53 Å². The van der Waals surface area contributed by atoms with E-state index in [9.17, 15) is 4.79 Å². The summed E-state index contributed by atoms with van der Waals surface area (Å²) in [5.74, 6) is 0.351. The maximum Gasteiger partial charge on any atom is 0.217 e. The maximum atomic E-state index is 10.9. The molecular formula is C18H35NO2. The number of primary amides is 1. The molecule has 1 fully saturated rings. The minimum absolute atomic E-state index is 0.154. The molecule has 1 amide bonds. The molecule has 0 heterocycles. The average Bonchev–Trinajstić information content (AvgIpc) is 2.47. The van der Waals surface area contributed by atoms with Gasteiger partial charge >= 0.3 is 0 Å². The number of rotatable bonds is 12. The molecule has 1 saturated carbocycles. The summed E-state index contributed by atoms with van der Waals surface area (Å²) in [6.07, 6.45) is 16.2. The van der Waals surface area contributed by atoms with Crippen LogP contribution in [0, 0.1) is 5.92 Å². The highest BCUT2D eigenvalue weighted by Crippen LogP contribution is 2.28. The predicted molar refractivity (Wildman–Crippen MR) is 88.1 cm³/mol. The van der Waals surface area contributed by atoms with Crippen LogP contribution in [0.1, 0.15) is 90.4 Å². The van der Waals surface area contributed by atoms with Gasteiger partial charge in [-0.2, -0.15) is 0 Å². The Morgan fingerprint density at radius 1 is 0.952 bits per heavy atom. The summed E-state index contributed by atoms with van der Waals surface area (Å²) in [4.78, 5) is 10.9. The van der Waals surface area contributed by atoms with E-state index in [-0.39, 0.29) is 5.91 Å². The Bertz CT molecular complexity index is 260. The van der Waals surface area contributed by atoms with E-state index in [2.05, 4.69) is 6.92 Å². The second-order valence-electron chi connectivity index (χ2n) is 6.66. The van der Waals surface area contributed by atoms with Gasteiger partial charge in [0.15, 0.2) is 0 Å². The van der Waals surface area contributed by atoms with Crippen LogP contribution >= 0.6 is 0 Å². The highest BCUT2D eigenvalue weighted by atomic mass is 16.5. The second kappa shape index (κ2) is 12.0. The number of carbonyl (C=O) groups is 1. The molecule has 0 unspecified atom stereocenters. The van der Waals surface area contributed by atoms with Gasteiger partial charge in [-0.1, -0.05) is 51.9 Å². The molecule has 0 radical (unpaired) electrons. The lowest BCUT2D eigenvalue weighted by Crippen LogP contribution is -2.25. The lowest BCUT2D eigenvalue weighted by Gasteiger charge is -2.27. The highest BCUT2D eigenvalue weighted by molar-refractivity contribution is 5.73. The Morgan fingerprint density at radius 2 is 1.52 bits per heavy atom. The Morgan fingerprint density at radius 3 is 2.10 bits per heavy atom. The molecule has 1 aliphatic carbocycles. The van der Waals surface area contributed by atoms with Crippen molar-refractivity contribution in [1.82, 2.24) is 0 Å². The van der Waals surface area contributed by atoms with Crippen molar-refractivity contribution < 1.29 is 9.53 Å². The second-order valence-corrected chi connectivity index (χ2v) is 6.66. The zero-order chi connectivity index (χ0) is 15.3. The number of unbranched alkanes of at least 4 members (excludes halogenated alkanes) is 7. The van der Waals surface area contributed by atoms with Gasteiger partial charge in [0.2, 0.25) is 5.91 Å². The molecular weight excluding hydrogens is 262 g/mol. The Kier molecular flexibility index (Phi) is 10.6. The van der Waals surface area contributed by atoms with Gasteiger partial charge in [0, 0.05) is 13.0 Å². The van der Waals surface area contributed by atoms with Crippen molar-refractivity contribution in [2.45, 2.75) is 96.5 Å². The number of hydrogen-bond donors (Lipinski definition) is 1. The van der Waals surface area contributed by atoms with E-state index in [4.69, 9.17) is 10.5 Å². The lowest BCUT2D eigenvalue weighted by atomic mass is 9.85. The highest BCUT2D eigenvalue weighted by Gasteiger charge is 2.22. The molecule has 1 aliphatic rings. The van der Waals surface area contributed by atoms with E-state index in [1.54, 1.807) is 0 Å². The summed E-state index contributed by atoms with van der Waals surface area (Å²) >= 11 is 0. The number of hydrogen-bond acceptors (Lipinski definition) is 2. The molecule has 124 valence electrons. The summed E-state index contributed by atoms with van der Waals surface area (Å²) in [6.45, 7) is 3.18. The molecule has 2 N–H and O–H groups in total. The molecule has 0 spiro atoms. The summed E-state index contributed by atoms with van der Waals surface area (Å²) < 4.78 is 5.97. The molecule has 0 aromatic rings. The fourth-order valence-electron chi connectivity index (χ4n) is 3.27. The molecule has 0 atom stereocenters. The summed E-state index contributed by atoms with van der Waals surface area (Å²) in [7, 11) is 0. The summed E-state index contributed by atoms with van der Waals surface area (Å²) in [6, 6.07) is 0. The SMILES string of the molecule is CCCCCCCCCCOC1CCC(CC(N)=O)CC1. The average molecular weight is 297 g/mol. The van der Waals surface area contributed by atoms with Crippen molar-refractivity contribution in [3.8, 4) is 0 Å². The number of ether oxygens (including phenoxy) is 1. The van der Waals surface area contributed by atoms with Gasteiger partial charge in [-0.05, 0) is 38.0 Å². The topological polar surface area (TPSA) is 52.3 Å². The third kappa shape index (κ3) is 9.89. The zero-order valence-electron chi connectivity index (χ0n) is 13.9. The van der Waals surface area contributed by atoms with Crippen LogP contribution in [0.5, 0.6) is 0 Å². The van der Waals surface area contributed by atoms with Crippen LogP contribution in [0.3, 0.4) is 0 Å². The molecule has 0 aromatic heterocycles. The standard InChI is InChI=1S/C18H35NO2/c1-2-3-4-5-6-7-8-9-14-21-17-12-10-16(11-13-17)15-18(19)20/h16-17H,2-15H2,1H3,(H2,19,20). The minimum atomic E-state index is -0.154. The molecule has 0 bridgehead atoms. The number of amides is 1.